The summed E-state index contributed by atoms with van der Waals surface area (Å²) in [7, 11) is 2.10. The lowest BCUT2D eigenvalue weighted by Gasteiger charge is -2.31. The molecule has 1 aliphatic heterocycles. The summed E-state index contributed by atoms with van der Waals surface area (Å²) in [4.78, 5) is 28.9. The van der Waals surface area contributed by atoms with Crippen LogP contribution in [0.25, 0.3) is 0 Å². The summed E-state index contributed by atoms with van der Waals surface area (Å²) in [5, 5.41) is 5.98. The molecule has 0 aromatic heterocycles. The van der Waals surface area contributed by atoms with Gasteiger partial charge in [-0.3, -0.25) is 4.79 Å². The van der Waals surface area contributed by atoms with Crippen molar-refractivity contribution in [2.75, 3.05) is 38.5 Å². The number of anilines is 1. The summed E-state index contributed by atoms with van der Waals surface area (Å²) in [5.74, 6) is 0.00334. The third-order valence-electron chi connectivity index (χ3n) is 5.48. The Bertz CT molecular complexity index is 789. The molecule has 0 radical (unpaired) electrons. The maximum Gasteiger partial charge on any atom is 0.317 e. The van der Waals surface area contributed by atoms with Gasteiger partial charge >= 0.3 is 6.03 Å². The monoisotopic (exact) mass is 408 g/mol. The molecular formula is C24H32N4O2. The van der Waals surface area contributed by atoms with Crippen LogP contribution in [-0.4, -0.2) is 55.0 Å². The first-order valence-electron chi connectivity index (χ1n) is 10.7. The smallest absolute Gasteiger partial charge is 0.317 e. The highest BCUT2D eigenvalue weighted by molar-refractivity contribution is 5.92. The molecule has 160 valence electrons. The van der Waals surface area contributed by atoms with Crippen molar-refractivity contribution < 1.29 is 9.59 Å². The molecule has 1 saturated heterocycles. The summed E-state index contributed by atoms with van der Waals surface area (Å²) in [6, 6.07) is 19.9. The van der Waals surface area contributed by atoms with Crippen LogP contribution in [0.2, 0.25) is 0 Å². The molecule has 2 N–H and O–H groups in total. The average molecular weight is 409 g/mol. The van der Waals surface area contributed by atoms with E-state index < -0.39 is 0 Å². The summed E-state index contributed by atoms with van der Waals surface area (Å²) < 4.78 is 0. The average Bonchev–Trinajstić information content (AvgIpc) is 2.78. The van der Waals surface area contributed by atoms with E-state index in [1.165, 1.54) is 5.56 Å². The number of urea groups is 1. The highest BCUT2D eigenvalue weighted by Gasteiger charge is 2.27. The molecular weight excluding hydrogens is 376 g/mol. The molecule has 6 heteroatoms. The molecule has 0 atom stereocenters. The third-order valence-corrected chi connectivity index (χ3v) is 5.48. The molecule has 30 heavy (non-hydrogen) atoms. The maximum atomic E-state index is 12.4. The Morgan fingerprint density at radius 2 is 1.63 bits per heavy atom. The van der Waals surface area contributed by atoms with Crippen LogP contribution in [0, 0.1) is 5.92 Å². The summed E-state index contributed by atoms with van der Waals surface area (Å²) in [6.07, 6.45) is 2.31. The van der Waals surface area contributed by atoms with Gasteiger partial charge in [0.2, 0.25) is 5.91 Å². The van der Waals surface area contributed by atoms with E-state index in [1.54, 1.807) is 0 Å². The fourth-order valence-corrected chi connectivity index (χ4v) is 3.74. The van der Waals surface area contributed by atoms with Crippen molar-refractivity contribution in [2.45, 2.75) is 25.8 Å². The molecule has 1 fully saturated rings. The summed E-state index contributed by atoms with van der Waals surface area (Å²) >= 11 is 0. The Morgan fingerprint density at radius 1 is 1.00 bits per heavy atom. The van der Waals surface area contributed by atoms with Gasteiger partial charge in [0.15, 0.2) is 0 Å². The van der Waals surface area contributed by atoms with E-state index in [9.17, 15) is 9.59 Å². The highest BCUT2D eigenvalue weighted by Crippen LogP contribution is 2.19. The van der Waals surface area contributed by atoms with Crippen LogP contribution >= 0.6 is 0 Å². The number of likely N-dealkylation sites (tertiary alicyclic amines) is 1. The molecule has 0 saturated carbocycles. The molecule has 6 nitrogen and oxygen atoms in total. The Kier molecular flexibility index (Phi) is 8.27. The largest absolute Gasteiger partial charge is 0.338 e. The SMILES string of the molecule is CN(CCCNC(=O)N1CCC(C(=O)Nc2ccccc2)CC1)Cc1ccccc1. The van der Waals surface area contributed by atoms with Gasteiger partial charge in [0, 0.05) is 37.8 Å². The van der Waals surface area contributed by atoms with E-state index in [2.05, 4.69) is 46.8 Å². The first kappa shape index (κ1) is 21.8. The lowest BCUT2D eigenvalue weighted by Crippen LogP contribution is -2.46. The molecule has 0 unspecified atom stereocenters. The molecule has 2 aromatic rings. The van der Waals surface area contributed by atoms with Crippen LogP contribution in [0.1, 0.15) is 24.8 Å². The number of para-hydroxylation sites is 1. The van der Waals surface area contributed by atoms with E-state index >= 15 is 0 Å². The first-order chi connectivity index (χ1) is 14.6. The Hall–Kier alpha value is -2.86. The summed E-state index contributed by atoms with van der Waals surface area (Å²) in [5.41, 5.74) is 2.11. The van der Waals surface area contributed by atoms with Gasteiger partial charge in [0.1, 0.15) is 0 Å². The van der Waals surface area contributed by atoms with Crippen LogP contribution in [0.15, 0.2) is 60.7 Å². The number of rotatable bonds is 8. The van der Waals surface area contributed by atoms with Gasteiger partial charge in [-0.25, -0.2) is 4.79 Å². The van der Waals surface area contributed by atoms with E-state index in [0.29, 0.717) is 32.5 Å². The zero-order valence-corrected chi connectivity index (χ0v) is 17.7. The van der Waals surface area contributed by atoms with Gasteiger partial charge in [0.05, 0.1) is 0 Å². The number of benzene rings is 2. The van der Waals surface area contributed by atoms with Crippen molar-refractivity contribution in [2.24, 2.45) is 5.92 Å². The topological polar surface area (TPSA) is 64.7 Å². The van der Waals surface area contributed by atoms with Crippen LogP contribution in [0.5, 0.6) is 0 Å². The third kappa shape index (κ3) is 6.88. The minimum atomic E-state index is -0.0408. The molecule has 0 bridgehead atoms. The van der Waals surface area contributed by atoms with Crippen LogP contribution in [0.3, 0.4) is 0 Å². The molecule has 0 aliphatic carbocycles. The van der Waals surface area contributed by atoms with Gasteiger partial charge in [-0.15, -0.1) is 0 Å². The maximum absolute atomic E-state index is 12.4. The fourth-order valence-electron chi connectivity index (χ4n) is 3.74. The minimum Gasteiger partial charge on any atom is -0.338 e. The zero-order chi connectivity index (χ0) is 21.2. The second kappa shape index (κ2) is 11.4. The minimum absolute atomic E-state index is 0.0253. The van der Waals surface area contributed by atoms with E-state index in [-0.39, 0.29) is 17.9 Å². The van der Waals surface area contributed by atoms with Crippen LogP contribution in [0.4, 0.5) is 10.5 Å². The Labute approximate surface area is 179 Å². The van der Waals surface area contributed by atoms with Gasteiger partial charge in [-0.05, 0) is 50.6 Å². The zero-order valence-electron chi connectivity index (χ0n) is 17.7. The molecule has 1 aliphatic rings. The second-order valence-corrected chi connectivity index (χ2v) is 7.93. The fraction of sp³-hybridized carbons (Fsp3) is 0.417. The van der Waals surface area contributed by atoms with Crippen molar-refractivity contribution in [1.29, 1.82) is 0 Å². The van der Waals surface area contributed by atoms with Gasteiger partial charge in [-0.1, -0.05) is 48.5 Å². The predicted molar refractivity (Wildman–Crippen MR) is 120 cm³/mol. The number of nitrogens with zero attached hydrogens (tertiary/aromatic N) is 2. The molecule has 3 amide bonds. The number of carbonyl (C=O) groups is 2. The van der Waals surface area contributed by atoms with Crippen molar-refractivity contribution >= 4 is 17.6 Å². The quantitative estimate of drug-likeness (QED) is 0.657. The van der Waals surface area contributed by atoms with Crippen LogP contribution < -0.4 is 10.6 Å². The van der Waals surface area contributed by atoms with E-state index in [1.807, 2.05) is 41.3 Å². The number of amides is 3. The Balaban J connectivity index is 1.30. The highest BCUT2D eigenvalue weighted by atomic mass is 16.2. The molecule has 0 spiro atoms. The van der Waals surface area contributed by atoms with Gasteiger partial charge in [-0.2, -0.15) is 0 Å². The number of hydrogen-bond donors (Lipinski definition) is 2. The van der Waals surface area contributed by atoms with Crippen molar-refractivity contribution in [3.63, 3.8) is 0 Å². The van der Waals surface area contributed by atoms with E-state index in [0.717, 1.165) is 25.2 Å². The molecule has 2 aromatic carbocycles. The van der Waals surface area contributed by atoms with Crippen molar-refractivity contribution in [3.05, 3.63) is 66.2 Å². The summed E-state index contributed by atoms with van der Waals surface area (Å²) in [6.45, 7) is 3.73. The number of nitrogens with one attached hydrogen (secondary N) is 2. The Morgan fingerprint density at radius 3 is 2.30 bits per heavy atom. The normalized spacial score (nSPS) is 14.5. The lowest BCUT2D eigenvalue weighted by atomic mass is 9.96. The van der Waals surface area contributed by atoms with Crippen molar-refractivity contribution in [3.8, 4) is 0 Å². The van der Waals surface area contributed by atoms with Crippen LogP contribution in [-0.2, 0) is 11.3 Å². The second-order valence-electron chi connectivity index (χ2n) is 7.93. The predicted octanol–water partition coefficient (Wildman–Crippen LogP) is 3.57. The number of hydrogen-bond acceptors (Lipinski definition) is 3. The van der Waals surface area contributed by atoms with Gasteiger partial charge < -0.3 is 20.4 Å². The molecule has 1 heterocycles. The standard InChI is InChI=1S/C24H32N4O2/c1-27(19-20-9-4-2-5-10-20)16-8-15-25-24(30)28-17-13-21(14-18-28)23(29)26-22-11-6-3-7-12-22/h2-7,9-12,21H,8,13-19H2,1H3,(H,25,30)(H,26,29). The number of carbonyl (C=O) groups excluding carboxylic acids is 2. The van der Waals surface area contributed by atoms with E-state index in [4.69, 9.17) is 0 Å². The molecule has 3 rings (SSSR count). The first-order valence-corrected chi connectivity index (χ1v) is 10.7. The van der Waals surface area contributed by atoms with Gasteiger partial charge in [0.25, 0.3) is 0 Å². The van der Waals surface area contributed by atoms with Crippen molar-refractivity contribution in [1.82, 2.24) is 15.1 Å². The lowest BCUT2D eigenvalue weighted by molar-refractivity contribution is -0.121. The number of piperidine rings is 1.